The zero-order chi connectivity index (χ0) is 13.8. The smallest absolute Gasteiger partial charge is 0.0476 e. The Morgan fingerprint density at radius 1 is 1.20 bits per heavy atom. The van der Waals surface area contributed by atoms with Crippen molar-refractivity contribution in [3.63, 3.8) is 0 Å². The Kier molecular flexibility index (Phi) is 4.23. The Labute approximate surface area is 122 Å². The molecule has 2 nitrogen and oxygen atoms in total. The monoisotopic (exact) mass is 270 g/mol. The molecule has 3 rings (SSSR count). The molecule has 108 valence electrons. The highest BCUT2D eigenvalue weighted by molar-refractivity contribution is 5.21. The summed E-state index contributed by atoms with van der Waals surface area (Å²) < 4.78 is 0. The van der Waals surface area contributed by atoms with E-state index in [0.717, 1.165) is 13.1 Å². The standard InChI is InChI=1S/C18H26N2/c1-2-13-20-15-18(11-7-4-8-12-18)19-14-17(20)16-9-5-3-6-10-16/h2-3,5-6,9-10,17,19H,1,4,7-8,11-15H2. The number of hydrogen-bond donors (Lipinski definition) is 1. The summed E-state index contributed by atoms with van der Waals surface area (Å²) in [5.74, 6) is 0. The van der Waals surface area contributed by atoms with E-state index in [-0.39, 0.29) is 0 Å². The Balaban J connectivity index is 1.78. The van der Waals surface area contributed by atoms with Crippen LogP contribution in [0, 0.1) is 0 Å². The highest BCUT2D eigenvalue weighted by Crippen LogP contribution is 2.35. The van der Waals surface area contributed by atoms with E-state index in [0.29, 0.717) is 11.6 Å². The second-order valence-corrected chi connectivity index (χ2v) is 6.37. The molecule has 1 atom stereocenters. The Bertz CT molecular complexity index is 434. The summed E-state index contributed by atoms with van der Waals surface area (Å²) in [5.41, 5.74) is 1.79. The number of nitrogens with one attached hydrogen (secondary N) is 1. The van der Waals surface area contributed by atoms with Gasteiger partial charge in [0.25, 0.3) is 0 Å². The fourth-order valence-electron chi connectivity index (χ4n) is 3.92. The van der Waals surface area contributed by atoms with Crippen LogP contribution in [0.25, 0.3) is 0 Å². The first-order valence-corrected chi connectivity index (χ1v) is 7.98. The summed E-state index contributed by atoms with van der Waals surface area (Å²) in [4.78, 5) is 2.62. The van der Waals surface area contributed by atoms with Gasteiger partial charge in [0, 0.05) is 31.2 Å². The van der Waals surface area contributed by atoms with Crippen LogP contribution in [-0.2, 0) is 0 Å². The molecule has 0 radical (unpaired) electrons. The maximum Gasteiger partial charge on any atom is 0.0476 e. The quantitative estimate of drug-likeness (QED) is 0.845. The van der Waals surface area contributed by atoms with Crippen molar-refractivity contribution >= 4 is 0 Å². The fraction of sp³-hybridized carbons (Fsp3) is 0.556. The average molecular weight is 270 g/mol. The molecule has 1 saturated heterocycles. The van der Waals surface area contributed by atoms with Crippen LogP contribution in [0.3, 0.4) is 0 Å². The molecule has 0 amide bonds. The van der Waals surface area contributed by atoms with Gasteiger partial charge in [0.15, 0.2) is 0 Å². The van der Waals surface area contributed by atoms with Crippen LogP contribution in [-0.4, -0.2) is 30.1 Å². The van der Waals surface area contributed by atoms with Gasteiger partial charge in [-0.05, 0) is 18.4 Å². The van der Waals surface area contributed by atoms with Gasteiger partial charge in [0.2, 0.25) is 0 Å². The predicted molar refractivity (Wildman–Crippen MR) is 84.8 cm³/mol. The SMILES string of the molecule is C=CCN1CC2(CCCCC2)NCC1c1ccccc1. The number of hydrogen-bond acceptors (Lipinski definition) is 2. The van der Waals surface area contributed by atoms with Crippen LogP contribution in [0.5, 0.6) is 0 Å². The first-order valence-electron chi connectivity index (χ1n) is 7.98. The van der Waals surface area contributed by atoms with Crippen molar-refractivity contribution in [2.75, 3.05) is 19.6 Å². The Morgan fingerprint density at radius 2 is 1.95 bits per heavy atom. The lowest BCUT2D eigenvalue weighted by molar-refractivity contribution is 0.0642. The lowest BCUT2D eigenvalue weighted by atomic mass is 9.79. The molecule has 1 aromatic rings. The molecule has 1 aliphatic heterocycles. The minimum absolute atomic E-state index is 0.368. The first kappa shape index (κ1) is 13.8. The van der Waals surface area contributed by atoms with Gasteiger partial charge in [-0.2, -0.15) is 0 Å². The topological polar surface area (TPSA) is 15.3 Å². The highest BCUT2D eigenvalue weighted by Gasteiger charge is 2.39. The second kappa shape index (κ2) is 6.11. The molecular formula is C18H26N2. The summed E-state index contributed by atoms with van der Waals surface area (Å²) in [6.45, 7) is 7.18. The van der Waals surface area contributed by atoms with E-state index in [4.69, 9.17) is 0 Å². The summed E-state index contributed by atoms with van der Waals surface area (Å²) in [7, 11) is 0. The summed E-state index contributed by atoms with van der Waals surface area (Å²) in [6, 6.07) is 11.4. The molecule has 1 heterocycles. The van der Waals surface area contributed by atoms with Gasteiger partial charge in [-0.25, -0.2) is 0 Å². The predicted octanol–water partition coefficient (Wildman–Crippen LogP) is 3.52. The fourth-order valence-corrected chi connectivity index (χ4v) is 3.92. The largest absolute Gasteiger partial charge is 0.308 e. The third-order valence-electron chi connectivity index (χ3n) is 4.98. The van der Waals surface area contributed by atoms with Crippen LogP contribution in [0.4, 0.5) is 0 Å². The van der Waals surface area contributed by atoms with Gasteiger partial charge >= 0.3 is 0 Å². The second-order valence-electron chi connectivity index (χ2n) is 6.37. The maximum absolute atomic E-state index is 3.95. The summed E-state index contributed by atoms with van der Waals surface area (Å²) in [6.07, 6.45) is 8.89. The van der Waals surface area contributed by atoms with Gasteiger partial charge in [-0.15, -0.1) is 6.58 Å². The van der Waals surface area contributed by atoms with E-state index >= 15 is 0 Å². The highest BCUT2D eigenvalue weighted by atomic mass is 15.3. The number of rotatable bonds is 3. The van der Waals surface area contributed by atoms with Crippen LogP contribution < -0.4 is 5.32 Å². The van der Waals surface area contributed by atoms with Crippen molar-refractivity contribution in [2.45, 2.75) is 43.7 Å². The van der Waals surface area contributed by atoms with E-state index < -0.39 is 0 Å². The third-order valence-corrected chi connectivity index (χ3v) is 4.98. The van der Waals surface area contributed by atoms with E-state index in [9.17, 15) is 0 Å². The van der Waals surface area contributed by atoms with Gasteiger partial charge in [0.1, 0.15) is 0 Å². The summed E-state index contributed by atoms with van der Waals surface area (Å²) >= 11 is 0. The van der Waals surface area contributed by atoms with Gasteiger partial charge in [-0.3, -0.25) is 4.90 Å². The van der Waals surface area contributed by atoms with Crippen molar-refractivity contribution in [2.24, 2.45) is 0 Å². The molecule has 20 heavy (non-hydrogen) atoms. The van der Waals surface area contributed by atoms with Crippen molar-refractivity contribution < 1.29 is 0 Å². The molecule has 1 N–H and O–H groups in total. The van der Waals surface area contributed by atoms with Crippen molar-refractivity contribution in [1.29, 1.82) is 0 Å². The number of nitrogens with zero attached hydrogens (tertiary/aromatic N) is 1. The molecule has 1 saturated carbocycles. The van der Waals surface area contributed by atoms with Gasteiger partial charge in [-0.1, -0.05) is 55.7 Å². The minimum atomic E-state index is 0.368. The molecule has 1 spiro atoms. The lowest BCUT2D eigenvalue weighted by Gasteiger charge is -2.49. The third kappa shape index (κ3) is 2.82. The van der Waals surface area contributed by atoms with Gasteiger partial charge in [0.05, 0.1) is 0 Å². The van der Waals surface area contributed by atoms with E-state index in [2.05, 4.69) is 53.2 Å². The summed E-state index contributed by atoms with van der Waals surface area (Å²) in [5, 5.41) is 3.90. The first-order chi connectivity index (χ1) is 9.83. The zero-order valence-electron chi connectivity index (χ0n) is 12.4. The van der Waals surface area contributed by atoms with E-state index in [1.54, 1.807) is 0 Å². The maximum atomic E-state index is 3.95. The van der Waals surface area contributed by atoms with Gasteiger partial charge < -0.3 is 5.32 Å². The zero-order valence-corrected chi connectivity index (χ0v) is 12.4. The lowest BCUT2D eigenvalue weighted by Crippen LogP contribution is -2.61. The molecule has 2 heteroatoms. The van der Waals surface area contributed by atoms with Crippen molar-refractivity contribution in [1.82, 2.24) is 10.2 Å². The van der Waals surface area contributed by atoms with Crippen LogP contribution in [0.2, 0.25) is 0 Å². The molecule has 0 bridgehead atoms. The Hall–Kier alpha value is -1.12. The normalized spacial score (nSPS) is 26.5. The molecule has 1 aromatic carbocycles. The van der Waals surface area contributed by atoms with Crippen LogP contribution in [0.1, 0.15) is 43.7 Å². The number of piperazine rings is 1. The molecule has 2 fully saturated rings. The minimum Gasteiger partial charge on any atom is -0.308 e. The average Bonchev–Trinajstić information content (AvgIpc) is 2.50. The molecule has 1 aliphatic carbocycles. The molecule has 1 unspecified atom stereocenters. The van der Waals surface area contributed by atoms with E-state index in [1.165, 1.54) is 44.2 Å². The number of benzene rings is 1. The van der Waals surface area contributed by atoms with E-state index in [1.807, 2.05) is 0 Å². The van der Waals surface area contributed by atoms with Crippen LogP contribution >= 0.6 is 0 Å². The molecule has 2 aliphatic rings. The van der Waals surface area contributed by atoms with Crippen molar-refractivity contribution in [3.05, 3.63) is 48.6 Å². The molecule has 0 aromatic heterocycles. The Morgan fingerprint density at radius 3 is 2.65 bits per heavy atom. The van der Waals surface area contributed by atoms with Crippen molar-refractivity contribution in [3.8, 4) is 0 Å². The van der Waals surface area contributed by atoms with Crippen LogP contribution in [0.15, 0.2) is 43.0 Å². The molecular weight excluding hydrogens is 244 g/mol.